The third-order valence-electron chi connectivity index (χ3n) is 3.91. The van der Waals surface area contributed by atoms with Crippen LogP contribution in [0.5, 0.6) is 0 Å². The van der Waals surface area contributed by atoms with E-state index in [2.05, 4.69) is 41.8 Å². The Kier molecular flexibility index (Phi) is 6.70. The van der Waals surface area contributed by atoms with Crippen molar-refractivity contribution in [2.45, 2.75) is 44.7 Å². The maximum absolute atomic E-state index is 11.9. The summed E-state index contributed by atoms with van der Waals surface area (Å²) in [5.41, 5.74) is 1.35. The number of amides is 1. The van der Waals surface area contributed by atoms with E-state index in [1.54, 1.807) is 0 Å². The van der Waals surface area contributed by atoms with Gasteiger partial charge in [-0.25, -0.2) is 0 Å². The first-order valence-corrected chi connectivity index (χ1v) is 7.88. The quantitative estimate of drug-likeness (QED) is 0.806. The van der Waals surface area contributed by atoms with E-state index in [1.165, 1.54) is 5.56 Å². The molecule has 1 unspecified atom stereocenters. The molecule has 0 aliphatic carbocycles. The van der Waals surface area contributed by atoms with Crippen LogP contribution >= 0.6 is 0 Å². The highest BCUT2D eigenvalue weighted by atomic mass is 16.5. The van der Waals surface area contributed by atoms with Gasteiger partial charge >= 0.3 is 0 Å². The highest BCUT2D eigenvalue weighted by Gasteiger charge is 2.16. The molecule has 0 bridgehead atoms. The Balaban J connectivity index is 1.59. The molecule has 4 nitrogen and oxygen atoms in total. The van der Waals surface area contributed by atoms with Gasteiger partial charge in [-0.1, -0.05) is 30.3 Å². The van der Waals surface area contributed by atoms with Crippen molar-refractivity contribution in [1.29, 1.82) is 0 Å². The summed E-state index contributed by atoms with van der Waals surface area (Å²) in [5.74, 6) is 0.0912. The van der Waals surface area contributed by atoms with E-state index in [9.17, 15) is 4.79 Å². The van der Waals surface area contributed by atoms with E-state index in [0.29, 0.717) is 12.6 Å². The second-order valence-corrected chi connectivity index (χ2v) is 5.76. The lowest BCUT2D eigenvalue weighted by atomic mass is 10.1. The van der Waals surface area contributed by atoms with Crippen LogP contribution in [-0.4, -0.2) is 37.7 Å². The van der Waals surface area contributed by atoms with Gasteiger partial charge in [0.15, 0.2) is 0 Å². The van der Waals surface area contributed by atoms with Gasteiger partial charge in [-0.2, -0.15) is 0 Å². The number of nitrogens with one attached hydrogen (secondary N) is 2. The average molecular weight is 290 g/mol. The van der Waals surface area contributed by atoms with Crippen LogP contribution in [0.2, 0.25) is 0 Å². The van der Waals surface area contributed by atoms with Crippen molar-refractivity contribution in [1.82, 2.24) is 10.6 Å². The maximum Gasteiger partial charge on any atom is 0.234 e. The van der Waals surface area contributed by atoms with Crippen LogP contribution in [0.25, 0.3) is 0 Å². The number of ether oxygens (including phenoxy) is 1. The van der Waals surface area contributed by atoms with Gasteiger partial charge in [0.25, 0.3) is 0 Å². The molecule has 21 heavy (non-hydrogen) atoms. The largest absolute Gasteiger partial charge is 0.381 e. The molecule has 0 saturated carbocycles. The van der Waals surface area contributed by atoms with E-state index in [-0.39, 0.29) is 11.9 Å². The van der Waals surface area contributed by atoms with E-state index in [4.69, 9.17) is 4.74 Å². The predicted octanol–water partition coefficient (Wildman–Crippen LogP) is 1.89. The topological polar surface area (TPSA) is 50.4 Å². The Bertz CT molecular complexity index is 416. The van der Waals surface area contributed by atoms with Crippen molar-refractivity contribution < 1.29 is 9.53 Å². The lowest BCUT2D eigenvalue weighted by Crippen LogP contribution is -2.44. The van der Waals surface area contributed by atoms with Gasteiger partial charge in [0.1, 0.15) is 0 Å². The molecule has 1 aliphatic rings. The Morgan fingerprint density at radius 3 is 2.71 bits per heavy atom. The van der Waals surface area contributed by atoms with Crippen molar-refractivity contribution in [3.8, 4) is 0 Å². The molecule has 1 amide bonds. The molecule has 1 atom stereocenters. The molecule has 0 aromatic heterocycles. The van der Waals surface area contributed by atoms with Gasteiger partial charge in [-0.3, -0.25) is 4.79 Å². The smallest absolute Gasteiger partial charge is 0.234 e. The summed E-state index contributed by atoms with van der Waals surface area (Å²) in [6, 6.07) is 11.1. The van der Waals surface area contributed by atoms with Crippen molar-refractivity contribution in [2.24, 2.45) is 0 Å². The first kappa shape index (κ1) is 16.0. The number of benzene rings is 1. The van der Waals surface area contributed by atoms with Crippen LogP contribution < -0.4 is 10.6 Å². The van der Waals surface area contributed by atoms with Gasteiger partial charge < -0.3 is 15.4 Å². The van der Waals surface area contributed by atoms with Gasteiger partial charge in [-0.05, 0) is 38.2 Å². The molecule has 1 aliphatic heterocycles. The standard InChI is InChI=1S/C17H26N2O2/c1-14(7-8-15-5-3-2-4-6-15)18-13-17(20)19-16-9-11-21-12-10-16/h2-6,14,16,18H,7-13H2,1H3,(H,19,20). The SMILES string of the molecule is CC(CCc1ccccc1)NCC(=O)NC1CCOCC1. The molecule has 4 heteroatoms. The summed E-state index contributed by atoms with van der Waals surface area (Å²) in [7, 11) is 0. The van der Waals surface area contributed by atoms with Crippen LogP contribution in [0.3, 0.4) is 0 Å². The second-order valence-electron chi connectivity index (χ2n) is 5.76. The zero-order chi connectivity index (χ0) is 14.9. The van der Waals surface area contributed by atoms with Gasteiger partial charge in [0, 0.05) is 25.3 Å². The summed E-state index contributed by atoms with van der Waals surface area (Å²) in [4.78, 5) is 11.9. The van der Waals surface area contributed by atoms with Gasteiger partial charge in [-0.15, -0.1) is 0 Å². The molecule has 1 aromatic carbocycles. The van der Waals surface area contributed by atoms with Gasteiger partial charge in [0.2, 0.25) is 5.91 Å². The normalized spacial score (nSPS) is 17.4. The Hall–Kier alpha value is -1.39. The number of aryl methyl sites for hydroxylation is 1. The lowest BCUT2D eigenvalue weighted by Gasteiger charge is -2.23. The highest BCUT2D eigenvalue weighted by molar-refractivity contribution is 5.78. The van der Waals surface area contributed by atoms with Crippen molar-refractivity contribution in [3.05, 3.63) is 35.9 Å². The average Bonchev–Trinajstić information content (AvgIpc) is 2.53. The summed E-state index contributed by atoms with van der Waals surface area (Å²) in [6.45, 7) is 4.04. The summed E-state index contributed by atoms with van der Waals surface area (Å²) in [5, 5.41) is 6.37. The zero-order valence-electron chi connectivity index (χ0n) is 12.8. The van der Waals surface area contributed by atoms with Crippen LogP contribution in [0.4, 0.5) is 0 Å². The Morgan fingerprint density at radius 2 is 2.00 bits per heavy atom. The number of carbonyl (C=O) groups is 1. The van der Waals surface area contributed by atoms with Crippen LogP contribution in [0.15, 0.2) is 30.3 Å². The van der Waals surface area contributed by atoms with Crippen molar-refractivity contribution >= 4 is 5.91 Å². The van der Waals surface area contributed by atoms with E-state index in [0.717, 1.165) is 38.9 Å². The molecule has 1 heterocycles. The summed E-state index contributed by atoms with van der Waals surface area (Å²) in [6.07, 6.45) is 3.93. The van der Waals surface area contributed by atoms with Crippen LogP contribution in [-0.2, 0) is 16.0 Å². The Labute approximate surface area is 127 Å². The molecule has 2 rings (SSSR count). The molecular weight excluding hydrogens is 264 g/mol. The van der Waals surface area contributed by atoms with E-state index < -0.39 is 0 Å². The first-order chi connectivity index (χ1) is 10.2. The zero-order valence-corrected chi connectivity index (χ0v) is 12.8. The molecule has 0 radical (unpaired) electrons. The van der Waals surface area contributed by atoms with Crippen molar-refractivity contribution in [2.75, 3.05) is 19.8 Å². The minimum Gasteiger partial charge on any atom is -0.381 e. The molecule has 1 aromatic rings. The number of carbonyl (C=O) groups excluding carboxylic acids is 1. The first-order valence-electron chi connectivity index (χ1n) is 7.88. The minimum atomic E-state index is 0.0912. The summed E-state index contributed by atoms with van der Waals surface area (Å²) >= 11 is 0. The molecule has 1 fully saturated rings. The summed E-state index contributed by atoms with van der Waals surface area (Å²) < 4.78 is 5.29. The molecule has 0 spiro atoms. The minimum absolute atomic E-state index is 0.0912. The number of hydrogen-bond acceptors (Lipinski definition) is 3. The fourth-order valence-corrected chi connectivity index (χ4v) is 2.52. The van der Waals surface area contributed by atoms with Crippen LogP contribution in [0.1, 0.15) is 31.7 Å². The third-order valence-corrected chi connectivity index (χ3v) is 3.91. The highest BCUT2D eigenvalue weighted by Crippen LogP contribution is 2.06. The fraction of sp³-hybridized carbons (Fsp3) is 0.588. The lowest BCUT2D eigenvalue weighted by molar-refractivity contribution is -0.121. The number of rotatable bonds is 7. The van der Waals surface area contributed by atoms with Crippen molar-refractivity contribution in [3.63, 3.8) is 0 Å². The predicted molar refractivity (Wildman–Crippen MR) is 84.2 cm³/mol. The van der Waals surface area contributed by atoms with Crippen LogP contribution in [0, 0.1) is 0 Å². The van der Waals surface area contributed by atoms with E-state index in [1.807, 2.05) is 6.07 Å². The maximum atomic E-state index is 11.9. The van der Waals surface area contributed by atoms with Gasteiger partial charge in [0.05, 0.1) is 6.54 Å². The molecule has 1 saturated heterocycles. The van der Waals surface area contributed by atoms with E-state index >= 15 is 0 Å². The monoisotopic (exact) mass is 290 g/mol. The Morgan fingerprint density at radius 1 is 1.29 bits per heavy atom. The molecule has 116 valence electrons. The fourth-order valence-electron chi connectivity index (χ4n) is 2.52. The third kappa shape index (κ3) is 6.27. The molecular formula is C17H26N2O2. The second kappa shape index (κ2) is 8.80. The molecule has 2 N–H and O–H groups in total. The number of hydrogen-bond donors (Lipinski definition) is 2.